The lowest BCUT2D eigenvalue weighted by atomic mass is 10.1. The molecule has 25 heavy (non-hydrogen) atoms. The Bertz CT molecular complexity index is 602. The number of hydrogen-bond acceptors (Lipinski definition) is 5. The minimum Gasteiger partial charge on any atom is -0.444 e. The van der Waals surface area contributed by atoms with E-state index in [1.807, 2.05) is 27.7 Å². The van der Waals surface area contributed by atoms with Crippen LogP contribution in [0.5, 0.6) is 0 Å². The van der Waals surface area contributed by atoms with Crippen LogP contribution in [-0.2, 0) is 4.74 Å². The highest BCUT2D eigenvalue weighted by molar-refractivity contribution is 9.10. The third-order valence-electron chi connectivity index (χ3n) is 3.29. The number of hydrogen-bond donors (Lipinski definition) is 2. The van der Waals surface area contributed by atoms with Crippen molar-refractivity contribution in [3.05, 3.63) is 32.8 Å². The molecule has 0 heterocycles. The minimum absolute atomic E-state index is 0.0489. The zero-order valence-corrected chi connectivity index (χ0v) is 16.7. The molecule has 1 amide bonds. The molecular formula is C17H26BrN3O4. The van der Waals surface area contributed by atoms with Crippen molar-refractivity contribution in [1.82, 2.24) is 5.32 Å². The van der Waals surface area contributed by atoms with Gasteiger partial charge in [0.25, 0.3) is 5.69 Å². The van der Waals surface area contributed by atoms with Gasteiger partial charge < -0.3 is 15.4 Å². The van der Waals surface area contributed by atoms with Crippen LogP contribution in [0.15, 0.2) is 22.7 Å². The fourth-order valence-electron chi connectivity index (χ4n) is 2.20. The number of unbranched alkanes of at least 4 members (excludes halogenated alkanes) is 1. The summed E-state index contributed by atoms with van der Waals surface area (Å²) in [4.78, 5) is 22.2. The molecule has 0 aromatic heterocycles. The van der Waals surface area contributed by atoms with E-state index in [1.54, 1.807) is 12.1 Å². The van der Waals surface area contributed by atoms with Crippen molar-refractivity contribution in [3.8, 4) is 0 Å². The topological polar surface area (TPSA) is 93.5 Å². The molecule has 2 N–H and O–H groups in total. The Balaban J connectivity index is 2.33. The number of nitro benzene ring substituents is 1. The lowest BCUT2D eigenvalue weighted by Gasteiger charge is -2.19. The third kappa shape index (κ3) is 8.72. The van der Waals surface area contributed by atoms with Gasteiger partial charge in [-0.3, -0.25) is 10.1 Å². The van der Waals surface area contributed by atoms with E-state index in [0.29, 0.717) is 16.7 Å². The van der Waals surface area contributed by atoms with Gasteiger partial charge >= 0.3 is 6.09 Å². The standard InChI is InChI=1S/C17H26BrN3O4/c1-12(7-5-6-10-19-16(22)25-17(2,3)4)20-14-9-8-13(18)11-15(14)21(23)24/h8-9,11-12,20H,5-7,10H2,1-4H3,(H,19,22)/t12-/m0/s1. The SMILES string of the molecule is C[C@@H](CCCCNC(=O)OC(C)(C)C)Nc1ccc(Br)cc1[N+](=O)[O-]. The summed E-state index contributed by atoms with van der Waals surface area (Å²) in [6.07, 6.45) is 2.12. The summed E-state index contributed by atoms with van der Waals surface area (Å²) < 4.78 is 5.83. The van der Waals surface area contributed by atoms with Crippen LogP contribution in [0.2, 0.25) is 0 Å². The molecule has 0 spiro atoms. The maximum atomic E-state index is 11.5. The number of amides is 1. The minimum atomic E-state index is -0.498. The highest BCUT2D eigenvalue weighted by Crippen LogP contribution is 2.28. The van der Waals surface area contributed by atoms with E-state index in [0.717, 1.165) is 19.3 Å². The van der Waals surface area contributed by atoms with Crippen molar-refractivity contribution in [2.24, 2.45) is 0 Å². The monoisotopic (exact) mass is 415 g/mol. The van der Waals surface area contributed by atoms with Crippen LogP contribution < -0.4 is 10.6 Å². The first-order valence-corrected chi connectivity index (χ1v) is 9.05. The van der Waals surface area contributed by atoms with E-state index in [2.05, 4.69) is 26.6 Å². The molecule has 0 unspecified atom stereocenters. The lowest BCUT2D eigenvalue weighted by Crippen LogP contribution is -2.33. The van der Waals surface area contributed by atoms with Crippen LogP contribution >= 0.6 is 15.9 Å². The predicted octanol–water partition coefficient (Wildman–Crippen LogP) is 4.85. The molecule has 140 valence electrons. The van der Waals surface area contributed by atoms with Crippen LogP contribution in [0, 0.1) is 10.1 Å². The lowest BCUT2D eigenvalue weighted by molar-refractivity contribution is -0.384. The molecule has 0 aliphatic carbocycles. The van der Waals surface area contributed by atoms with Gasteiger partial charge in [0.2, 0.25) is 0 Å². The second kappa shape index (κ2) is 9.60. The molecule has 8 heteroatoms. The van der Waals surface area contributed by atoms with Crippen molar-refractivity contribution < 1.29 is 14.5 Å². The fraction of sp³-hybridized carbons (Fsp3) is 0.588. The number of alkyl carbamates (subject to hydrolysis) is 1. The largest absolute Gasteiger partial charge is 0.444 e. The Morgan fingerprint density at radius 3 is 2.64 bits per heavy atom. The normalized spacial score (nSPS) is 12.4. The first-order chi connectivity index (χ1) is 11.6. The van der Waals surface area contributed by atoms with Crippen LogP contribution in [0.4, 0.5) is 16.2 Å². The van der Waals surface area contributed by atoms with Crippen molar-refractivity contribution in [1.29, 1.82) is 0 Å². The second-order valence-corrected chi connectivity index (χ2v) is 7.80. The number of nitrogens with zero attached hydrogens (tertiary/aromatic N) is 1. The number of ether oxygens (including phenoxy) is 1. The van der Waals surface area contributed by atoms with Crippen molar-refractivity contribution in [3.63, 3.8) is 0 Å². The number of nitro groups is 1. The van der Waals surface area contributed by atoms with E-state index < -0.39 is 16.6 Å². The molecule has 0 fully saturated rings. The van der Waals surface area contributed by atoms with E-state index in [4.69, 9.17) is 4.74 Å². The number of anilines is 1. The quantitative estimate of drug-likeness (QED) is 0.359. The third-order valence-corrected chi connectivity index (χ3v) is 3.78. The smallest absolute Gasteiger partial charge is 0.407 e. The average Bonchev–Trinajstić information content (AvgIpc) is 2.46. The maximum absolute atomic E-state index is 11.5. The molecule has 0 aliphatic heterocycles. The summed E-state index contributed by atoms with van der Waals surface area (Å²) in [5.41, 5.74) is 0.0578. The number of halogens is 1. The predicted molar refractivity (Wildman–Crippen MR) is 102 cm³/mol. The van der Waals surface area contributed by atoms with Crippen LogP contribution in [0.25, 0.3) is 0 Å². The van der Waals surface area contributed by atoms with Crippen LogP contribution in [-0.4, -0.2) is 29.2 Å². The first kappa shape index (κ1) is 21.2. The van der Waals surface area contributed by atoms with E-state index >= 15 is 0 Å². The van der Waals surface area contributed by atoms with Gasteiger partial charge in [0.15, 0.2) is 0 Å². The fourth-order valence-corrected chi connectivity index (χ4v) is 2.54. The second-order valence-electron chi connectivity index (χ2n) is 6.89. The van der Waals surface area contributed by atoms with Gasteiger partial charge in [0.1, 0.15) is 11.3 Å². The zero-order chi connectivity index (χ0) is 19.0. The molecule has 0 saturated carbocycles. The van der Waals surface area contributed by atoms with E-state index in [1.165, 1.54) is 6.07 Å². The Labute approximate surface area is 156 Å². The van der Waals surface area contributed by atoms with E-state index in [9.17, 15) is 14.9 Å². The van der Waals surface area contributed by atoms with Crippen LogP contribution in [0.1, 0.15) is 47.0 Å². The molecule has 0 saturated heterocycles. The van der Waals surface area contributed by atoms with Crippen molar-refractivity contribution in [2.75, 3.05) is 11.9 Å². The Hall–Kier alpha value is -1.83. The molecule has 7 nitrogen and oxygen atoms in total. The summed E-state index contributed by atoms with van der Waals surface area (Å²) in [6.45, 7) is 7.98. The summed E-state index contributed by atoms with van der Waals surface area (Å²) in [7, 11) is 0. The number of nitrogens with one attached hydrogen (secondary N) is 2. The molecular weight excluding hydrogens is 390 g/mol. The van der Waals surface area contributed by atoms with Gasteiger partial charge in [0, 0.05) is 23.1 Å². The average molecular weight is 416 g/mol. The first-order valence-electron chi connectivity index (χ1n) is 8.26. The van der Waals surface area contributed by atoms with Crippen LogP contribution in [0.3, 0.4) is 0 Å². The number of rotatable bonds is 8. The van der Waals surface area contributed by atoms with E-state index in [-0.39, 0.29) is 11.7 Å². The molecule has 1 aromatic rings. The Kier molecular flexibility index (Phi) is 8.15. The summed E-state index contributed by atoms with van der Waals surface area (Å²) >= 11 is 3.24. The number of benzene rings is 1. The Morgan fingerprint density at radius 1 is 1.36 bits per heavy atom. The summed E-state index contributed by atoms with van der Waals surface area (Å²) in [6, 6.07) is 5.04. The van der Waals surface area contributed by atoms with Gasteiger partial charge in [-0.05, 0) is 59.1 Å². The number of carbonyl (C=O) groups excluding carboxylic acids is 1. The molecule has 0 radical (unpaired) electrons. The summed E-state index contributed by atoms with van der Waals surface area (Å²) in [5, 5.41) is 17.0. The van der Waals surface area contributed by atoms with Gasteiger partial charge in [-0.2, -0.15) is 0 Å². The molecule has 1 rings (SSSR count). The van der Waals surface area contributed by atoms with Gasteiger partial charge in [-0.15, -0.1) is 0 Å². The van der Waals surface area contributed by atoms with Crippen molar-refractivity contribution >= 4 is 33.4 Å². The molecule has 1 atom stereocenters. The molecule has 1 aromatic carbocycles. The number of carbonyl (C=O) groups is 1. The zero-order valence-electron chi connectivity index (χ0n) is 15.1. The summed E-state index contributed by atoms with van der Waals surface area (Å²) in [5.74, 6) is 0. The van der Waals surface area contributed by atoms with Gasteiger partial charge in [0.05, 0.1) is 4.92 Å². The maximum Gasteiger partial charge on any atom is 0.407 e. The van der Waals surface area contributed by atoms with Crippen molar-refractivity contribution in [2.45, 2.75) is 58.6 Å². The van der Waals surface area contributed by atoms with Gasteiger partial charge in [-0.1, -0.05) is 15.9 Å². The Morgan fingerprint density at radius 2 is 2.04 bits per heavy atom. The van der Waals surface area contributed by atoms with Gasteiger partial charge in [-0.25, -0.2) is 4.79 Å². The highest BCUT2D eigenvalue weighted by atomic mass is 79.9. The molecule has 0 bridgehead atoms. The molecule has 0 aliphatic rings. The highest BCUT2D eigenvalue weighted by Gasteiger charge is 2.16.